The summed E-state index contributed by atoms with van der Waals surface area (Å²) in [5, 5.41) is 11.0. The molecule has 2 fully saturated rings. The molecule has 0 bridgehead atoms. The highest BCUT2D eigenvalue weighted by molar-refractivity contribution is 6.30. The minimum atomic E-state index is -1.10. The maximum absolute atomic E-state index is 15.5. The van der Waals surface area contributed by atoms with Crippen molar-refractivity contribution in [3.05, 3.63) is 58.9 Å². The van der Waals surface area contributed by atoms with E-state index < -0.39 is 11.6 Å². The lowest BCUT2D eigenvalue weighted by Gasteiger charge is -2.44. The van der Waals surface area contributed by atoms with Gasteiger partial charge in [0.15, 0.2) is 0 Å². The van der Waals surface area contributed by atoms with Crippen molar-refractivity contribution in [1.82, 2.24) is 5.32 Å². The van der Waals surface area contributed by atoms with Crippen molar-refractivity contribution >= 4 is 28.9 Å². The molecule has 0 saturated heterocycles. The molecule has 2 aromatic rings. The first-order valence-electron chi connectivity index (χ1n) is 12.5. The molecule has 0 aromatic heterocycles. The molecular weight excluding hydrogens is 437 g/mol. The lowest BCUT2D eigenvalue weighted by atomic mass is 9.70. The molecule has 2 aliphatic carbocycles. The summed E-state index contributed by atoms with van der Waals surface area (Å²) in [6.45, 7) is 0. The number of hydrogen-bond acceptors (Lipinski definition) is 3. The van der Waals surface area contributed by atoms with Gasteiger partial charge in [0, 0.05) is 16.6 Å². The van der Waals surface area contributed by atoms with Gasteiger partial charge in [-0.05, 0) is 61.9 Å². The van der Waals surface area contributed by atoms with Gasteiger partial charge in [0.05, 0.1) is 17.3 Å². The molecule has 176 valence electrons. The second-order valence-corrected chi connectivity index (χ2v) is 10.4. The highest BCUT2D eigenvalue weighted by Gasteiger charge is 2.53. The Balaban J connectivity index is 1.60. The summed E-state index contributed by atoms with van der Waals surface area (Å²) >= 11 is 6.37. The minimum Gasteiger partial charge on any atom is -0.357 e. The van der Waals surface area contributed by atoms with E-state index in [2.05, 4.69) is 16.0 Å². The molecule has 1 atom stereocenters. The molecule has 2 saturated carbocycles. The fraction of sp³-hybridized carbons (Fsp3) is 0.519. The Morgan fingerprint density at radius 2 is 1.55 bits per heavy atom. The summed E-state index contributed by atoms with van der Waals surface area (Å²) in [4.78, 5) is 14.1. The van der Waals surface area contributed by atoms with Gasteiger partial charge in [-0.3, -0.25) is 4.79 Å². The summed E-state index contributed by atoms with van der Waals surface area (Å²) in [6.07, 6.45) is 10.9. The number of carbonyl (C=O) groups excluding carboxylic acids is 1. The van der Waals surface area contributed by atoms with Crippen molar-refractivity contribution in [2.24, 2.45) is 11.8 Å². The van der Waals surface area contributed by atoms with Crippen molar-refractivity contribution < 1.29 is 9.18 Å². The number of rotatable bonds is 5. The Kier molecular flexibility index (Phi) is 6.51. The largest absolute Gasteiger partial charge is 0.357 e. The number of halogens is 2. The minimum absolute atomic E-state index is 0.0148. The Labute approximate surface area is 200 Å². The zero-order valence-electron chi connectivity index (χ0n) is 19.0. The van der Waals surface area contributed by atoms with Gasteiger partial charge >= 0.3 is 0 Å². The van der Waals surface area contributed by atoms with Crippen LogP contribution in [0.5, 0.6) is 0 Å². The van der Waals surface area contributed by atoms with Crippen LogP contribution >= 0.6 is 11.6 Å². The second kappa shape index (κ2) is 9.54. The number of anilines is 2. The normalized spacial score (nSPS) is 21.5. The van der Waals surface area contributed by atoms with Crippen LogP contribution in [0.4, 0.5) is 15.8 Å². The lowest BCUT2D eigenvalue weighted by molar-refractivity contribution is -0.130. The van der Waals surface area contributed by atoms with Crippen LogP contribution in [0.1, 0.15) is 69.8 Å². The summed E-state index contributed by atoms with van der Waals surface area (Å²) in [6, 6.07) is 12.7. The fourth-order valence-electron chi connectivity index (χ4n) is 6.18. The zero-order chi connectivity index (χ0) is 22.8. The molecule has 4 nitrogen and oxygen atoms in total. The van der Waals surface area contributed by atoms with E-state index in [0.717, 1.165) is 62.7 Å². The third-order valence-corrected chi connectivity index (χ3v) is 8.00. The van der Waals surface area contributed by atoms with Gasteiger partial charge in [-0.15, -0.1) is 0 Å². The fourth-order valence-corrected chi connectivity index (χ4v) is 6.36. The summed E-state index contributed by atoms with van der Waals surface area (Å²) in [5.41, 5.74) is 1.06. The Bertz CT molecular complexity index is 976. The molecule has 0 unspecified atom stereocenters. The van der Waals surface area contributed by atoms with Crippen LogP contribution in [0.2, 0.25) is 5.02 Å². The molecule has 0 radical (unpaired) electrons. The lowest BCUT2D eigenvalue weighted by Crippen LogP contribution is -2.57. The Morgan fingerprint density at radius 3 is 2.18 bits per heavy atom. The first-order valence-corrected chi connectivity index (χ1v) is 12.9. The number of fused-ring (bicyclic) bond motifs is 1. The average molecular weight is 470 g/mol. The van der Waals surface area contributed by atoms with Crippen LogP contribution in [0.25, 0.3) is 0 Å². The van der Waals surface area contributed by atoms with E-state index in [4.69, 9.17) is 11.6 Å². The molecule has 1 amide bonds. The van der Waals surface area contributed by atoms with Gasteiger partial charge in [-0.25, -0.2) is 4.39 Å². The summed E-state index contributed by atoms with van der Waals surface area (Å²) in [5.74, 6) is -0.672. The smallest absolute Gasteiger partial charge is 0.228 e. The third kappa shape index (κ3) is 4.44. The molecule has 1 aliphatic heterocycles. The molecule has 5 rings (SSSR count). The monoisotopic (exact) mass is 469 g/mol. The molecule has 1 heterocycles. The van der Waals surface area contributed by atoms with Gasteiger partial charge in [-0.1, -0.05) is 62.3 Å². The van der Waals surface area contributed by atoms with Gasteiger partial charge in [0.25, 0.3) is 0 Å². The van der Waals surface area contributed by atoms with Crippen molar-refractivity contribution in [3.63, 3.8) is 0 Å². The van der Waals surface area contributed by atoms with Crippen LogP contribution in [-0.4, -0.2) is 11.9 Å². The molecular formula is C27H33ClFN3O. The summed E-state index contributed by atoms with van der Waals surface area (Å²) in [7, 11) is 0. The number of nitrogens with one attached hydrogen (secondary N) is 3. The highest BCUT2D eigenvalue weighted by atomic mass is 35.5. The maximum Gasteiger partial charge on any atom is 0.228 e. The van der Waals surface area contributed by atoms with Crippen LogP contribution in [0.3, 0.4) is 0 Å². The topological polar surface area (TPSA) is 53.2 Å². The van der Waals surface area contributed by atoms with E-state index in [9.17, 15) is 4.79 Å². The number of carbonyl (C=O) groups is 1. The van der Waals surface area contributed by atoms with E-state index in [0.29, 0.717) is 10.6 Å². The number of hydrogen-bond donors (Lipinski definition) is 3. The van der Waals surface area contributed by atoms with Crippen molar-refractivity contribution in [3.8, 4) is 0 Å². The van der Waals surface area contributed by atoms with Crippen molar-refractivity contribution in [1.29, 1.82) is 0 Å². The van der Waals surface area contributed by atoms with Gasteiger partial charge in [-0.2, -0.15) is 0 Å². The van der Waals surface area contributed by atoms with Gasteiger partial charge in [0.1, 0.15) is 11.5 Å². The number of amides is 1. The predicted octanol–water partition coefficient (Wildman–Crippen LogP) is 6.81. The SMILES string of the molecule is O=C(NC1CCCCC1)[C@@H](C1CCCCC1)C1(c2cc(Cl)ccc2F)Nc2ccccc2N1. The highest BCUT2D eigenvalue weighted by Crippen LogP contribution is 2.49. The first kappa shape index (κ1) is 22.5. The van der Waals surface area contributed by atoms with E-state index in [1.54, 1.807) is 12.1 Å². The van der Waals surface area contributed by atoms with Gasteiger partial charge in [0.2, 0.25) is 5.91 Å². The first-order chi connectivity index (χ1) is 16.1. The van der Waals surface area contributed by atoms with E-state index in [1.165, 1.54) is 18.9 Å². The summed E-state index contributed by atoms with van der Waals surface area (Å²) < 4.78 is 15.5. The van der Waals surface area contributed by atoms with Crippen LogP contribution in [0, 0.1) is 17.7 Å². The molecule has 2 aromatic carbocycles. The van der Waals surface area contributed by atoms with Crippen LogP contribution in [0.15, 0.2) is 42.5 Å². The molecule has 33 heavy (non-hydrogen) atoms. The van der Waals surface area contributed by atoms with E-state index in [-0.39, 0.29) is 23.7 Å². The molecule has 3 N–H and O–H groups in total. The molecule has 0 spiro atoms. The van der Waals surface area contributed by atoms with Gasteiger partial charge < -0.3 is 16.0 Å². The van der Waals surface area contributed by atoms with E-state index >= 15 is 4.39 Å². The Morgan fingerprint density at radius 1 is 0.939 bits per heavy atom. The number of benzene rings is 2. The van der Waals surface area contributed by atoms with Crippen LogP contribution in [-0.2, 0) is 10.5 Å². The van der Waals surface area contributed by atoms with Crippen molar-refractivity contribution in [2.45, 2.75) is 75.9 Å². The van der Waals surface area contributed by atoms with E-state index in [1.807, 2.05) is 24.3 Å². The predicted molar refractivity (Wildman–Crippen MR) is 132 cm³/mol. The molecule has 3 aliphatic rings. The third-order valence-electron chi connectivity index (χ3n) is 7.77. The van der Waals surface area contributed by atoms with Crippen LogP contribution < -0.4 is 16.0 Å². The Hall–Kier alpha value is -2.27. The van der Waals surface area contributed by atoms with Crippen molar-refractivity contribution in [2.75, 3.05) is 10.6 Å². The average Bonchev–Trinajstić information content (AvgIpc) is 3.22. The number of para-hydroxylation sites is 2. The maximum atomic E-state index is 15.5. The molecule has 6 heteroatoms. The zero-order valence-corrected chi connectivity index (χ0v) is 19.8. The second-order valence-electron chi connectivity index (χ2n) is 9.95. The quantitative estimate of drug-likeness (QED) is 0.450. The standard InChI is InChI=1S/C27H33ClFN3O/c28-19-15-16-22(29)21(17-19)27(31-23-13-7-8-14-24(23)32-27)25(18-9-3-1-4-10-18)26(33)30-20-11-5-2-6-12-20/h7-8,13-18,20,25,31-32H,1-6,9-12H2,(H,30,33)/t25-/m1/s1.